The molecule has 0 saturated carbocycles. The van der Waals surface area contributed by atoms with Crippen molar-refractivity contribution < 1.29 is 9.59 Å². The fraction of sp³-hybridized carbons (Fsp3) is 0.209. The minimum absolute atomic E-state index is 0.0520. The maximum Gasteiger partial charge on any atom is 0.257 e. The zero-order chi connectivity index (χ0) is 33.3. The van der Waals surface area contributed by atoms with Crippen LogP contribution in [0.2, 0.25) is 5.02 Å². The van der Waals surface area contributed by atoms with Crippen LogP contribution in [-0.4, -0.2) is 47.7 Å². The van der Waals surface area contributed by atoms with E-state index in [1.54, 1.807) is 36.4 Å². The third-order valence-corrected chi connectivity index (χ3v) is 10.6. The van der Waals surface area contributed by atoms with Crippen molar-refractivity contribution in [1.82, 2.24) is 9.80 Å². The van der Waals surface area contributed by atoms with E-state index in [9.17, 15) is 9.59 Å². The van der Waals surface area contributed by atoms with Crippen LogP contribution >= 0.6 is 11.6 Å². The number of Topliss-reactive ketones (excluding diaryl/α,β-unsaturated/α-hetero) is 1. The Bertz CT molecular complexity index is 2280. The molecule has 5 aromatic rings. The molecular weight excluding hydrogens is 626 g/mol. The number of nitrogens with one attached hydrogen (secondary N) is 1. The van der Waals surface area contributed by atoms with E-state index in [-0.39, 0.29) is 17.7 Å². The lowest BCUT2D eigenvalue weighted by Gasteiger charge is -2.40. The number of hydrogen-bond donors (Lipinski definition) is 1. The summed E-state index contributed by atoms with van der Waals surface area (Å²) in [6.45, 7) is 5.02. The average Bonchev–Trinajstić information content (AvgIpc) is 3.15. The van der Waals surface area contributed by atoms with E-state index in [4.69, 9.17) is 11.6 Å². The number of anilines is 1. The highest BCUT2D eigenvalue weighted by Gasteiger charge is 2.30. The molecule has 1 amide bonds. The van der Waals surface area contributed by atoms with Crippen molar-refractivity contribution in [3.8, 4) is 0 Å². The molecule has 5 nitrogen and oxygen atoms in total. The van der Waals surface area contributed by atoms with E-state index < -0.39 is 0 Å². The molecule has 1 atom stereocenters. The molecule has 0 radical (unpaired) electrons. The van der Waals surface area contributed by atoms with Gasteiger partial charge >= 0.3 is 0 Å². The van der Waals surface area contributed by atoms with Crippen molar-refractivity contribution in [3.63, 3.8) is 0 Å². The molecule has 1 unspecified atom stereocenters. The van der Waals surface area contributed by atoms with Gasteiger partial charge in [-0.25, -0.2) is 0 Å². The van der Waals surface area contributed by atoms with Gasteiger partial charge in [0.15, 0.2) is 5.78 Å². The van der Waals surface area contributed by atoms with Gasteiger partial charge in [0.2, 0.25) is 0 Å². The van der Waals surface area contributed by atoms with Crippen LogP contribution in [0.25, 0.3) is 11.6 Å². The number of fused-ring (bicyclic) bond motifs is 4. The van der Waals surface area contributed by atoms with Crippen molar-refractivity contribution in [1.29, 1.82) is 0 Å². The zero-order valence-electron chi connectivity index (χ0n) is 27.4. The van der Waals surface area contributed by atoms with Gasteiger partial charge in [0.25, 0.3) is 5.91 Å². The summed E-state index contributed by atoms with van der Waals surface area (Å²) in [5.74, 6) is -0.230. The Kier molecular flexibility index (Phi) is 8.73. The van der Waals surface area contributed by atoms with Crippen LogP contribution in [0.1, 0.15) is 56.3 Å². The van der Waals surface area contributed by atoms with Gasteiger partial charge in [0, 0.05) is 49.5 Å². The molecule has 5 aromatic carbocycles. The Morgan fingerprint density at radius 1 is 0.714 bits per heavy atom. The van der Waals surface area contributed by atoms with E-state index in [1.165, 1.54) is 32.3 Å². The molecule has 0 spiro atoms. The van der Waals surface area contributed by atoms with Crippen LogP contribution in [-0.2, 0) is 13.0 Å². The van der Waals surface area contributed by atoms with E-state index in [0.717, 1.165) is 62.8 Å². The van der Waals surface area contributed by atoms with Gasteiger partial charge in [-0.1, -0.05) is 96.5 Å². The van der Waals surface area contributed by atoms with Gasteiger partial charge in [-0.3, -0.25) is 19.4 Å². The highest BCUT2D eigenvalue weighted by atomic mass is 35.5. The predicted octanol–water partition coefficient (Wildman–Crippen LogP) is 6.90. The van der Waals surface area contributed by atoms with Gasteiger partial charge in [0.1, 0.15) is 0 Å². The standard InChI is InChI=1S/C43H38ClN3O2/c44-39-16-7-6-13-38(39)43(49)45-32-19-17-30(18-20-32)42(48)37-15-8-14-35-34(37)21-22-36-33-12-5-4-11-31(33)27-40(41(35)36)47-25-23-46(24-26-47)28-29-9-2-1-3-10-29/h1-7,9-13,16-22,27,40H,8,14-15,23-26,28H2,(H,45,49). The summed E-state index contributed by atoms with van der Waals surface area (Å²) < 4.78 is 0. The van der Waals surface area contributed by atoms with Crippen LogP contribution in [0.5, 0.6) is 0 Å². The summed E-state index contributed by atoms with van der Waals surface area (Å²) >= 11 is 6.22. The first kappa shape index (κ1) is 31.5. The second-order valence-electron chi connectivity index (χ2n) is 13.2. The topological polar surface area (TPSA) is 52.7 Å². The normalized spacial score (nSPS) is 17.3. The molecule has 3 aliphatic rings. The minimum Gasteiger partial charge on any atom is -0.322 e. The number of rotatable bonds is 7. The first-order chi connectivity index (χ1) is 24.0. The largest absolute Gasteiger partial charge is 0.322 e. The van der Waals surface area contributed by atoms with Crippen LogP contribution in [0, 0.1) is 10.4 Å². The molecule has 244 valence electrons. The second kappa shape index (κ2) is 13.6. The Morgan fingerprint density at radius 2 is 1.43 bits per heavy atom. The van der Waals surface area contributed by atoms with Crippen LogP contribution in [0.4, 0.5) is 5.69 Å². The number of amides is 1. The fourth-order valence-electron chi connectivity index (χ4n) is 7.80. The third kappa shape index (κ3) is 6.26. The van der Waals surface area contributed by atoms with Crippen LogP contribution < -0.4 is 15.8 Å². The minimum atomic E-state index is -0.282. The lowest BCUT2D eigenvalue weighted by molar-refractivity contribution is 0.102. The number of piperazine rings is 1. The summed E-state index contributed by atoms with van der Waals surface area (Å²) in [5.41, 5.74) is 6.58. The van der Waals surface area contributed by atoms with E-state index in [1.807, 2.05) is 12.1 Å². The number of ketones is 1. The number of halogens is 1. The highest BCUT2D eigenvalue weighted by molar-refractivity contribution is 6.34. The molecule has 0 bridgehead atoms. The summed E-state index contributed by atoms with van der Waals surface area (Å²) in [6.07, 6.45) is 5.10. The van der Waals surface area contributed by atoms with Gasteiger partial charge in [-0.15, -0.1) is 0 Å². The van der Waals surface area contributed by atoms with Crippen molar-refractivity contribution in [3.05, 3.63) is 169 Å². The molecule has 1 fully saturated rings. The summed E-state index contributed by atoms with van der Waals surface area (Å²) in [4.78, 5) is 32.1. The van der Waals surface area contributed by atoms with Crippen molar-refractivity contribution >= 4 is 40.6 Å². The Labute approximate surface area is 291 Å². The quantitative estimate of drug-likeness (QED) is 0.193. The molecule has 0 aromatic heterocycles. The molecule has 1 heterocycles. The molecule has 1 saturated heterocycles. The Hall–Kier alpha value is -4.81. The summed E-state index contributed by atoms with van der Waals surface area (Å²) in [6, 6.07) is 38.2. The molecule has 6 heteroatoms. The smallest absolute Gasteiger partial charge is 0.257 e. The van der Waals surface area contributed by atoms with Crippen LogP contribution in [0.15, 0.2) is 115 Å². The van der Waals surface area contributed by atoms with Gasteiger partial charge < -0.3 is 5.32 Å². The van der Waals surface area contributed by atoms with E-state index in [0.29, 0.717) is 21.8 Å². The first-order valence-electron chi connectivity index (χ1n) is 17.2. The van der Waals surface area contributed by atoms with E-state index in [2.05, 4.69) is 87.9 Å². The number of benzene rings is 5. The predicted molar refractivity (Wildman–Crippen MR) is 197 cm³/mol. The zero-order valence-corrected chi connectivity index (χ0v) is 28.1. The third-order valence-electron chi connectivity index (χ3n) is 10.3. The van der Waals surface area contributed by atoms with Gasteiger partial charge in [0.05, 0.1) is 16.6 Å². The van der Waals surface area contributed by atoms with Gasteiger partial charge in [-0.2, -0.15) is 0 Å². The Balaban J connectivity index is 1.11. The number of hydrogen-bond acceptors (Lipinski definition) is 4. The maximum atomic E-state index is 14.1. The first-order valence-corrected chi connectivity index (χ1v) is 17.6. The Morgan fingerprint density at radius 3 is 2.22 bits per heavy atom. The lowest BCUT2D eigenvalue weighted by Crippen LogP contribution is -2.47. The maximum absolute atomic E-state index is 14.1. The molecule has 2 aliphatic carbocycles. The molecular formula is C43H38ClN3O2. The second-order valence-corrected chi connectivity index (χ2v) is 13.6. The van der Waals surface area contributed by atoms with E-state index >= 15 is 0 Å². The fourth-order valence-corrected chi connectivity index (χ4v) is 8.02. The lowest BCUT2D eigenvalue weighted by atomic mass is 9.82. The van der Waals surface area contributed by atoms with Gasteiger partial charge in [-0.05, 0) is 93.2 Å². The van der Waals surface area contributed by atoms with Crippen molar-refractivity contribution in [2.45, 2.75) is 31.8 Å². The average molecular weight is 664 g/mol. The van der Waals surface area contributed by atoms with Crippen molar-refractivity contribution in [2.24, 2.45) is 0 Å². The molecule has 1 N–H and O–H groups in total. The van der Waals surface area contributed by atoms with Crippen LogP contribution in [0.3, 0.4) is 0 Å². The number of nitrogens with zero attached hydrogens (tertiary/aromatic N) is 2. The SMILES string of the molecule is O=C(C1=c2ccc3c(c2CCC1)C(N1CCN(Cc2ccccc2)CC1)C=c1ccccc1=3)c1ccc(NC(=O)c2ccccc2Cl)cc1. The van der Waals surface area contributed by atoms with Crippen molar-refractivity contribution in [2.75, 3.05) is 31.5 Å². The number of carbonyl (C=O) groups excluding carboxylic acids is 2. The molecule has 49 heavy (non-hydrogen) atoms. The summed E-state index contributed by atoms with van der Waals surface area (Å²) in [5, 5.41) is 8.23. The molecule has 8 rings (SSSR count). The monoisotopic (exact) mass is 663 g/mol. The molecule has 1 aliphatic heterocycles. The highest BCUT2D eigenvalue weighted by Crippen LogP contribution is 2.32. The summed E-state index contributed by atoms with van der Waals surface area (Å²) in [7, 11) is 0. The number of carbonyl (C=O) groups is 2.